The van der Waals surface area contributed by atoms with Crippen molar-refractivity contribution in [3.8, 4) is 0 Å². The molecule has 0 N–H and O–H groups in total. The molecule has 0 amide bonds. The summed E-state index contributed by atoms with van der Waals surface area (Å²) in [5, 5.41) is 4.86. The zero-order valence-electron chi connectivity index (χ0n) is 10.9. The van der Waals surface area contributed by atoms with E-state index in [9.17, 15) is 0 Å². The number of hydrogen-bond donors (Lipinski definition) is 0. The summed E-state index contributed by atoms with van der Waals surface area (Å²) in [5.41, 5.74) is 0. The molecule has 0 aromatic rings. The van der Waals surface area contributed by atoms with Crippen molar-refractivity contribution in [2.75, 3.05) is 47.4 Å². The molecule has 16 heavy (non-hydrogen) atoms. The van der Waals surface area contributed by atoms with E-state index in [4.69, 9.17) is 4.74 Å². The molecule has 0 saturated carbocycles. The molecule has 2 heterocycles. The van der Waals surface area contributed by atoms with Crippen LogP contribution in [0.5, 0.6) is 0 Å². The molecule has 2 unspecified atom stereocenters. The smallest absolute Gasteiger partial charge is 0.0474 e. The van der Waals surface area contributed by atoms with Gasteiger partial charge >= 0.3 is 0 Å². The van der Waals surface area contributed by atoms with Crippen molar-refractivity contribution >= 4 is 0 Å². The number of ether oxygens (including phenoxy) is 1. The average molecular weight is 227 g/mol. The predicted octanol–water partition coefficient (Wildman–Crippen LogP) is 0.648. The van der Waals surface area contributed by atoms with Crippen LogP contribution in [-0.4, -0.2) is 74.4 Å². The van der Waals surface area contributed by atoms with Crippen LogP contribution in [-0.2, 0) is 4.74 Å². The zero-order valence-corrected chi connectivity index (χ0v) is 10.9. The number of hydrazine groups is 1. The molecule has 4 nitrogen and oxygen atoms in total. The van der Waals surface area contributed by atoms with Gasteiger partial charge in [0.05, 0.1) is 0 Å². The molecule has 2 bridgehead atoms. The maximum atomic E-state index is 5.12. The van der Waals surface area contributed by atoms with Crippen LogP contribution < -0.4 is 0 Å². The molecule has 2 rings (SSSR count). The highest BCUT2D eigenvalue weighted by atomic mass is 16.5. The van der Waals surface area contributed by atoms with Gasteiger partial charge in [0.1, 0.15) is 0 Å². The third-order valence-corrected chi connectivity index (χ3v) is 3.80. The molecule has 2 atom stereocenters. The normalized spacial score (nSPS) is 31.5. The van der Waals surface area contributed by atoms with Crippen LogP contribution in [0, 0.1) is 0 Å². The van der Waals surface area contributed by atoms with Crippen molar-refractivity contribution in [1.29, 1.82) is 0 Å². The zero-order chi connectivity index (χ0) is 11.5. The fourth-order valence-electron chi connectivity index (χ4n) is 3.24. The van der Waals surface area contributed by atoms with E-state index in [2.05, 4.69) is 29.0 Å². The summed E-state index contributed by atoms with van der Waals surface area (Å²) in [6.45, 7) is 4.56. The highest BCUT2D eigenvalue weighted by molar-refractivity contribution is 4.93. The summed E-state index contributed by atoms with van der Waals surface area (Å²) >= 11 is 0. The first-order valence-corrected chi connectivity index (χ1v) is 6.39. The van der Waals surface area contributed by atoms with Crippen LogP contribution in [0.3, 0.4) is 0 Å². The molecule has 0 radical (unpaired) electrons. The molecule has 2 fully saturated rings. The molecule has 2 saturated heterocycles. The third-order valence-electron chi connectivity index (χ3n) is 3.80. The van der Waals surface area contributed by atoms with Gasteiger partial charge in [0.2, 0.25) is 0 Å². The van der Waals surface area contributed by atoms with Crippen LogP contribution in [0.15, 0.2) is 0 Å². The Morgan fingerprint density at radius 3 is 2.31 bits per heavy atom. The van der Waals surface area contributed by atoms with E-state index in [-0.39, 0.29) is 0 Å². The first kappa shape index (κ1) is 12.3. The molecular formula is C12H25N3O. The molecule has 2 aliphatic rings. The Balaban J connectivity index is 1.82. The summed E-state index contributed by atoms with van der Waals surface area (Å²) in [5.74, 6) is 0. The van der Waals surface area contributed by atoms with Gasteiger partial charge in [-0.1, -0.05) is 0 Å². The molecular weight excluding hydrogens is 202 g/mol. The van der Waals surface area contributed by atoms with Gasteiger partial charge in [0.15, 0.2) is 0 Å². The van der Waals surface area contributed by atoms with E-state index < -0.39 is 0 Å². The van der Waals surface area contributed by atoms with Gasteiger partial charge in [-0.2, -0.15) is 0 Å². The fourth-order valence-corrected chi connectivity index (χ4v) is 3.24. The Morgan fingerprint density at radius 1 is 1.19 bits per heavy atom. The summed E-state index contributed by atoms with van der Waals surface area (Å²) in [6.07, 6.45) is 3.89. The number of piperazine rings is 1. The van der Waals surface area contributed by atoms with Crippen LogP contribution in [0.2, 0.25) is 0 Å². The Labute approximate surface area is 99.1 Å². The van der Waals surface area contributed by atoms with Crippen molar-refractivity contribution in [2.24, 2.45) is 0 Å². The van der Waals surface area contributed by atoms with Crippen LogP contribution in [0.4, 0.5) is 0 Å². The molecule has 4 heteroatoms. The van der Waals surface area contributed by atoms with Gasteiger partial charge in [-0.15, -0.1) is 0 Å². The maximum Gasteiger partial charge on any atom is 0.0474 e. The standard InChI is InChI=1S/C12H25N3O/c1-13(2)15-11-5-6-12(15)10-14(9-11)7-4-8-16-3/h11-12H,4-10H2,1-3H3. The summed E-state index contributed by atoms with van der Waals surface area (Å²) in [4.78, 5) is 2.61. The van der Waals surface area contributed by atoms with E-state index >= 15 is 0 Å². The van der Waals surface area contributed by atoms with E-state index in [1.54, 1.807) is 7.11 Å². The van der Waals surface area contributed by atoms with E-state index in [0.29, 0.717) is 0 Å². The summed E-state index contributed by atoms with van der Waals surface area (Å²) in [7, 11) is 6.13. The van der Waals surface area contributed by atoms with E-state index in [1.165, 1.54) is 32.5 Å². The van der Waals surface area contributed by atoms with Crippen LogP contribution in [0.1, 0.15) is 19.3 Å². The van der Waals surface area contributed by atoms with Gasteiger partial charge in [0.25, 0.3) is 0 Å². The topological polar surface area (TPSA) is 19.0 Å². The molecule has 2 aliphatic heterocycles. The summed E-state index contributed by atoms with van der Waals surface area (Å²) in [6, 6.07) is 1.49. The van der Waals surface area contributed by atoms with Crippen molar-refractivity contribution in [3.05, 3.63) is 0 Å². The Bertz CT molecular complexity index is 208. The third kappa shape index (κ3) is 2.56. The minimum Gasteiger partial charge on any atom is -0.385 e. The lowest BCUT2D eigenvalue weighted by molar-refractivity contribution is -0.0723. The highest BCUT2D eigenvalue weighted by Gasteiger charge is 2.40. The fraction of sp³-hybridized carbons (Fsp3) is 1.00. The van der Waals surface area contributed by atoms with Gasteiger partial charge in [-0.3, -0.25) is 0 Å². The second-order valence-corrected chi connectivity index (χ2v) is 5.22. The second-order valence-electron chi connectivity index (χ2n) is 5.22. The van der Waals surface area contributed by atoms with Crippen molar-refractivity contribution < 1.29 is 4.74 Å². The van der Waals surface area contributed by atoms with E-state index in [1.807, 2.05) is 0 Å². The lowest BCUT2D eigenvalue weighted by atomic mass is 10.2. The molecule has 0 aromatic heterocycles. The number of nitrogens with zero attached hydrogens (tertiary/aromatic N) is 3. The van der Waals surface area contributed by atoms with Crippen molar-refractivity contribution in [2.45, 2.75) is 31.3 Å². The first-order chi connectivity index (χ1) is 7.72. The van der Waals surface area contributed by atoms with Gasteiger partial charge in [-0.05, 0) is 19.3 Å². The Morgan fingerprint density at radius 2 is 1.81 bits per heavy atom. The van der Waals surface area contributed by atoms with Crippen LogP contribution in [0.25, 0.3) is 0 Å². The number of likely N-dealkylation sites (tertiary alicyclic amines) is 1. The predicted molar refractivity (Wildman–Crippen MR) is 65.3 cm³/mol. The number of fused-ring (bicyclic) bond motifs is 2. The van der Waals surface area contributed by atoms with E-state index in [0.717, 1.165) is 25.1 Å². The lowest BCUT2D eigenvalue weighted by Gasteiger charge is -2.44. The molecule has 94 valence electrons. The number of rotatable bonds is 5. The maximum absolute atomic E-state index is 5.12. The summed E-state index contributed by atoms with van der Waals surface area (Å²) < 4.78 is 5.12. The van der Waals surface area contributed by atoms with Gasteiger partial charge in [-0.25, -0.2) is 10.0 Å². The van der Waals surface area contributed by atoms with Gasteiger partial charge < -0.3 is 9.64 Å². The number of hydrogen-bond acceptors (Lipinski definition) is 4. The molecule has 0 spiro atoms. The quantitative estimate of drug-likeness (QED) is 0.642. The average Bonchev–Trinajstić information content (AvgIpc) is 2.52. The largest absolute Gasteiger partial charge is 0.385 e. The van der Waals surface area contributed by atoms with Crippen molar-refractivity contribution in [1.82, 2.24) is 14.9 Å². The number of methoxy groups -OCH3 is 1. The minimum absolute atomic E-state index is 0.747. The van der Waals surface area contributed by atoms with Crippen molar-refractivity contribution in [3.63, 3.8) is 0 Å². The van der Waals surface area contributed by atoms with Gasteiger partial charge in [0, 0.05) is 59.5 Å². The Hall–Kier alpha value is -0.160. The van der Waals surface area contributed by atoms with Crippen LogP contribution >= 0.6 is 0 Å². The minimum atomic E-state index is 0.747. The Kier molecular flexibility index (Phi) is 4.19. The highest BCUT2D eigenvalue weighted by Crippen LogP contribution is 2.30. The SMILES string of the molecule is COCCCN1CC2CCC(C1)N2N(C)C. The monoisotopic (exact) mass is 227 g/mol. The molecule has 0 aromatic carbocycles. The lowest BCUT2D eigenvalue weighted by Crippen LogP contribution is -2.58. The first-order valence-electron chi connectivity index (χ1n) is 6.39. The molecule has 0 aliphatic carbocycles. The second kappa shape index (κ2) is 5.45.